The average molecular weight is 313 g/mol. The largest absolute Gasteiger partial charge is 0.455 e. The van der Waals surface area contributed by atoms with Gasteiger partial charge >= 0.3 is 0 Å². The first kappa shape index (κ1) is 12.3. The van der Waals surface area contributed by atoms with Crippen LogP contribution < -0.4 is 10.5 Å². The maximum Gasteiger partial charge on any atom is 0.151 e. The van der Waals surface area contributed by atoms with Crippen LogP contribution in [0.1, 0.15) is 5.56 Å². The summed E-state index contributed by atoms with van der Waals surface area (Å²) in [5.74, 6) is 1.34. The molecule has 0 aliphatic rings. The van der Waals surface area contributed by atoms with Crippen molar-refractivity contribution in [3.63, 3.8) is 0 Å². The Morgan fingerprint density at radius 1 is 1.18 bits per heavy atom. The molecule has 0 radical (unpaired) electrons. The number of nitrogen functional groups attached to an aromatic ring is 1. The zero-order valence-electron chi connectivity index (χ0n) is 9.21. The molecule has 0 saturated heterocycles. The summed E-state index contributed by atoms with van der Waals surface area (Å²) < 4.78 is 6.76. The first-order chi connectivity index (χ1) is 8.08. The summed E-state index contributed by atoms with van der Waals surface area (Å²) in [6, 6.07) is 11.1. The lowest BCUT2D eigenvalue weighted by molar-refractivity contribution is 0.481. The van der Waals surface area contributed by atoms with Gasteiger partial charge in [-0.3, -0.25) is 0 Å². The second-order valence-corrected chi connectivity index (χ2v) is 4.99. The Labute approximate surface area is 113 Å². The third-order valence-corrected chi connectivity index (χ3v) is 3.19. The monoisotopic (exact) mass is 311 g/mol. The Balaban J connectivity index is 2.35. The molecule has 0 spiro atoms. The minimum absolute atomic E-state index is 0.455. The van der Waals surface area contributed by atoms with E-state index in [1.807, 2.05) is 31.2 Å². The Kier molecular flexibility index (Phi) is 3.60. The van der Waals surface area contributed by atoms with Crippen LogP contribution in [-0.2, 0) is 0 Å². The van der Waals surface area contributed by atoms with Crippen LogP contribution in [0.15, 0.2) is 40.9 Å². The zero-order chi connectivity index (χ0) is 12.4. The minimum Gasteiger partial charge on any atom is -0.455 e. The second-order valence-electron chi connectivity index (χ2n) is 3.66. The van der Waals surface area contributed by atoms with Crippen LogP contribution in [0.3, 0.4) is 0 Å². The standard InChI is InChI=1S/C13H11BrClNO/c1-8-7-9(14)5-6-11(8)17-12-4-2-3-10(15)13(12)16/h2-7H,16H2,1H3. The first-order valence-electron chi connectivity index (χ1n) is 5.06. The smallest absolute Gasteiger partial charge is 0.151 e. The van der Waals surface area contributed by atoms with Crippen molar-refractivity contribution >= 4 is 33.2 Å². The van der Waals surface area contributed by atoms with E-state index in [1.54, 1.807) is 12.1 Å². The quantitative estimate of drug-likeness (QED) is 0.810. The molecule has 0 aliphatic carbocycles. The topological polar surface area (TPSA) is 35.2 Å². The van der Waals surface area contributed by atoms with E-state index < -0.39 is 0 Å². The highest BCUT2D eigenvalue weighted by Gasteiger charge is 2.07. The number of para-hydroxylation sites is 1. The second kappa shape index (κ2) is 4.98. The zero-order valence-corrected chi connectivity index (χ0v) is 11.5. The molecule has 4 heteroatoms. The van der Waals surface area contributed by atoms with E-state index >= 15 is 0 Å². The summed E-state index contributed by atoms with van der Waals surface area (Å²) in [5, 5.41) is 0.497. The van der Waals surface area contributed by atoms with Crippen LogP contribution in [-0.4, -0.2) is 0 Å². The van der Waals surface area contributed by atoms with Crippen LogP contribution >= 0.6 is 27.5 Å². The lowest BCUT2D eigenvalue weighted by Crippen LogP contribution is -1.94. The number of hydrogen-bond donors (Lipinski definition) is 1. The number of benzene rings is 2. The molecule has 17 heavy (non-hydrogen) atoms. The predicted molar refractivity (Wildman–Crippen MR) is 74.8 cm³/mol. The van der Waals surface area contributed by atoms with Gasteiger partial charge in [0, 0.05) is 4.47 Å². The summed E-state index contributed by atoms with van der Waals surface area (Å²) in [6.45, 7) is 1.97. The number of anilines is 1. The van der Waals surface area contributed by atoms with Crippen molar-refractivity contribution in [1.82, 2.24) is 0 Å². The Bertz CT molecular complexity index is 557. The van der Waals surface area contributed by atoms with Gasteiger partial charge in [-0.1, -0.05) is 33.6 Å². The lowest BCUT2D eigenvalue weighted by Gasteiger charge is -2.11. The van der Waals surface area contributed by atoms with Crippen molar-refractivity contribution in [2.24, 2.45) is 0 Å². The molecule has 0 atom stereocenters. The maximum atomic E-state index is 5.93. The molecule has 88 valence electrons. The van der Waals surface area contributed by atoms with Gasteiger partial charge in [-0.05, 0) is 42.8 Å². The molecular weight excluding hydrogens is 302 g/mol. The van der Waals surface area contributed by atoms with E-state index in [1.165, 1.54) is 0 Å². The molecular formula is C13H11BrClNO. The third kappa shape index (κ3) is 2.73. The van der Waals surface area contributed by atoms with E-state index in [9.17, 15) is 0 Å². The highest BCUT2D eigenvalue weighted by Crippen LogP contribution is 2.34. The van der Waals surface area contributed by atoms with Gasteiger partial charge in [0.2, 0.25) is 0 Å². The van der Waals surface area contributed by atoms with Crippen LogP contribution in [0, 0.1) is 6.92 Å². The number of halogens is 2. The van der Waals surface area contributed by atoms with Crippen molar-refractivity contribution in [3.05, 3.63) is 51.5 Å². The lowest BCUT2D eigenvalue weighted by atomic mass is 10.2. The normalized spacial score (nSPS) is 10.3. The molecule has 2 aromatic carbocycles. The number of aryl methyl sites for hydroxylation is 1. The minimum atomic E-state index is 0.455. The highest BCUT2D eigenvalue weighted by molar-refractivity contribution is 9.10. The van der Waals surface area contributed by atoms with Crippen molar-refractivity contribution in [1.29, 1.82) is 0 Å². The molecule has 0 aromatic heterocycles. The molecule has 2 rings (SSSR count). The van der Waals surface area contributed by atoms with Gasteiger partial charge in [0.1, 0.15) is 5.75 Å². The fourth-order valence-corrected chi connectivity index (χ4v) is 2.09. The van der Waals surface area contributed by atoms with Crippen molar-refractivity contribution < 1.29 is 4.74 Å². The Morgan fingerprint density at radius 2 is 1.94 bits per heavy atom. The van der Waals surface area contributed by atoms with Gasteiger partial charge in [0.15, 0.2) is 5.75 Å². The van der Waals surface area contributed by atoms with E-state index in [4.69, 9.17) is 22.1 Å². The summed E-state index contributed by atoms with van der Waals surface area (Å²) in [6.07, 6.45) is 0. The molecule has 0 unspecified atom stereocenters. The molecule has 2 aromatic rings. The molecule has 2 nitrogen and oxygen atoms in total. The predicted octanol–water partition coefficient (Wildman–Crippen LogP) is 4.79. The molecule has 0 heterocycles. The fourth-order valence-electron chi connectivity index (χ4n) is 1.45. The maximum absolute atomic E-state index is 5.93. The van der Waals surface area contributed by atoms with Crippen LogP contribution in [0.5, 0.6) is 11.5 Å². The average Bonchev–Trinajstić information content (AvgIpc) is 2.28. The van der Waals surface area contributed by atoms with Crippen LogP contribution in [0.2, 0.25) is 5.02 Å². The summed E-state index contributed by atoms with van der Waals surface area (Å²) in [5.41, 5.74) is 7.33. The van der Waals surface area contributed by atoms with E-state index in [-0.39, 0.29) is 0 Å². The van der Waals surface area contributed by atoms with Crippen molar-refractivity contribution in [2.45, 2.75) is 6.92 Å². The van der Waals surface area contributed by atoms with Gasteiger partial charge in [0.25, 0.3) is 0 Å². The van der Waals surface area contributed by atoms with Gasteiger partial charge < -0.3 is 10.5 Å². The first-order valence-corrected chi connectivity index (χ1v) is 6.23. The Morgan fingerprint density at radius 3 is 2.65 bits per heavy atom. The number of hydrogen-bond acceptors (Lipinski definition) is 2. The van der Waals surface area contributed by atoms with Crippen molar-refractivity contribution in [2.75, 3.05) is 5.73 Å². The molecule has 0 fully saturated rings. The molecule has 0 amide bonds. The summed E-state index contributed by atoms with van der Waals surface area (Å²) in [4.78, 5) is 0. The third-order valence-electron chi connectivity index (χ3n) is 2.37. The number of ether oxygens (including phenoxy) is 1. The fraction of sp³-hybridized carbons (Fsp3) is 0.0769. The van der Waals surface area contributed by atoms with E-state index in [0.29, 0.717) is 16.5 Å². The van der Waals surface area contributed by atoms with Crippen molar-refractivity contribution in [3.8, 4) is 11.5 Å². The van der Waals surface area contributed by atoms with Gasteiger partial charge in [-0.15, -0.1) is 0 Å². The van der Waals surface area contributed by atoms with Crippen LogP contribution in [0.4, 0.5) is 5.69 Å². The Hall–Kier alpha value is -1.19. The molecule has 2 N–H and O–H groups in total. The van der Waals surface area contributed by atoms with Gasteiger partial charge in [-0.25, -0.2) is 0 Å². The molecule has 0 saturated carbocycles. The van der Waals surface area contributed by atoms with E-state index in [2.05, 4.69) is 15.9 Å². The van der Waals surface area contributed by atoms with E-state index in [0.717, 1.165) is 15.8 Å². The number of rotatable bonds is 2. The molecule has 0 aliphatic heterocycles. The van der Waals surface area contributed by atoms with Gasteiger partial charge in [0.05, 0.1) is 10.7 Å². The summed E-state index contributed by atoms with van der Waals surface area (Å²) >= 11 is 9.34. The highest BCUT2D eigenvalue weighted by atomic mass is 79.9. The SMILES string of the molecule is Cc1cc(Br)ccc1Oc1cccc(Cl)c1N. The number of nitrogens with two attached hydrogens (primary N) is 1. The summed E-state index contributed by atoms with van der Waals surface area (Å²) in [7, 11) is 0. The van der Waals surface area contributed by atoms with Crippen LogP contribution in [0.25, 0.3) is 0 Å². The molecule has 0 bridgehead atoms. The van der Waals surface area contributed by atoms with Gasteiger partial charge in [-0.2, -0.15) is 0 Å².